The Morgan fingerprint density at radius 3 is 2.10 bits per heavy atom. The van der Waals surface area contributed by atoms with Crippen LogP contribution in [0.1, 0.15) is 5.56 Å². The third-order valence-corrected chi connectivity index (χ3v) is 5.18. The Kier molecular flexibility index (Phi) is 7.20. The molecule has 31 heavy (non-hydrogen) atoms. The number of benzene rings is 1. The SMILES string of the molecule is O=C(OC(C(F)(F)F)C(F)(F)F)N1CCN(Cc2ccccc2N2CCOCC2)CC1. The summed E-state index contributed by atoms with van der Waals surface area (Å²) >= 11 is 0. The van der Waals surface area contributed by atoms with Gasteiger partial charge >= 0.3 is 18.4 Å². The molecule has 2 aliphatic rings. The van der Waals surface area contributed by atoms with E-state index in [0.717, 1.165) is 29.2 Å². The minimum Gasteiger partial charge on any atom is -0.426 e. The van der Waals surface area contributed by atoms with Gasteiger partial charge in [0.1, 0.15) is 0 Å². The Morgan fingerprint density at radius 2 is 1.52 bits per heavy atom. The summed E-state index contributed by atoms with van der Waals surface area (Å²) in [4.78, 5) is 17.0. The van der Waals surface area contributed by atoms with Crippen molar-refractivity contribution in [2.24, 2.45) is 0 Å². The van der Waals surface area contributed by atoms with E-state index in [0.29, 0.717) is 32.8 Å². The first-order chi connectivity index (χ1) is 14.6. The lowest BCUT2D eigenvalue weighted by Gasteiger charge is -2.36. The highest BCUT2D eigenvalue weighted by Crippen LogP contribution is 2.36. The van der Waals surface area contributed by atoms with Crippen LogP contribution in [0.25, 0.3) is 0 Å². The zero-order valence-corrected chi connectivity index (χ0v) is 16.6. The number of amides is 1. The largest absolute Gasteiger partial charge is 0.434 e. The Labute approximate surface area is 175 Å². The summed E-state index contributed by atoms with van der Waals surface area (Å²) in [5.74, 6) is 0. The molecule has 2 heterocycles. The van der Waals surface area contributed by atoms with Gasteiger partial charge in [-0.15, -0.1) is 0 Å². The first-order valence-corrected chi connectivity index (χ1v) is 9.77. The number of morpholine rings is 1. The summed E-state index contributed by atoms with van der Waals surface area (Å²) in [5, 5.41) is 0. The van der Waals surface area contributed by atoms with E-state index < -0.39 is 24.5 Å². The number of hydrogen-bond donors (Lipinski definition) is 0. The van der Waals surface area contributed by atoms with E-state index in [9.17, 15) is 31.1 Å². The second-order valence-electron chi connectivity index (χ2n) is 7.34. The molecule has 2 fully saturated rings. The van der Waals surface area contributed by atoms with Crippen molar-refractivity contribution in [2.45, 2.75) is 25.0 Å². The Balaban J connectivity index is 1.56. The summed E-state index contributed by atoms with van der Waals surface area (Å²) < 4.78 is 84.8. The molecule has 1 aromatic carbocycles. The van der Waals surface area contributed by atoms with Crippen LogP contribution < -0.4 is 4.90 Å². The number of alkyl halides is 6. The van der Waals surface area contributed by atoms with Crippen molar-refractivity contribution in [1.82, 2.24) is 9.80 Å². The second-order valence-corrected chi connectivity index (χ2v) is 7.34. The van der Waals surface area contributed by atoms with Crippen LogP contribution in [0.2, 0.25) is 0 Å². The third-order valence-electron chi connectivity index (χ3n) is 5.18. The molecule has 0 atom stereocenters. The fraction of sp³-hybridized carbons (Fsp3) is 0.632. The summed E-state index contributed by atoms with van der Waals surface area (Å²) in [6, 6.07) is 7.81. The number of carbonyl (C=O) groups excluding carboxylic acids is 1. The monoisotopic (exact) mass is 455 g/mol. The topological polar surface area (TPSA) is 45.2 Å². The zero-order valence-electron chi connectivity index (χ0n) is 16.6. The molecule has 0 saturated carbocycles. The van der Waals surface area contributed by atoms with Gasteiger partial charge in [-0.3, -0.25) is 4.90 Å². The number of hydrogen-bond acceptors (Lipinski definition) is 5. The van der Waals surface area contributed by atoms with Gasteiger partial charge in [-0.25, -0.2) is 4.79 Å². The average molecular weight is 455 g/mol. The number of anilines is 1. The zero-order chi connectivity index (χ0) is 22.6. The van der Waals surface area contributed by atoms with Crippen molar-refractivity contribution >= 4 is 11.8 Å². The van der Waals surface area contributed by atoms with Crippen molar-refractivity contribution < 1.29 is 40.6 Å². The summed E-state index contributed by atoms with van der Waals surface area (Å²) in [7, 11) is 0. The van der Waals surface area contributed by atoms with Crippen molar-refractivity contribution in [3.63, 3.8) is 0 Å². The van der Waals surface area contributed by atoms with Crippen molar-refractivity contribution in [3.05, 3.63) is 29.8 Å². The van der Waals surface area contributed by atoms with E-state index in [1.807, 2.05) is 29.2 Å². The van der Waals surface area contributed by atoms with Gasteiger partial charge in [-0.2, -0.15) is 26.3 Å². The molecule has 6 nitrogen and oxygen atoms in total. The molecule has 1 amide bonds. The fourth-order valence-corrected chi connectivity index (χ4v) is 3.58. The molecule has 12 heteroatoms. The van der Waals surface area contributed by atoms with E-state index in [1.54, 1.807) is 0 Å². The standard InChI is InChI=1S/C19H23F6N3O3/c20-18(21,22)16(19(23,24)25)31-17(29)28-7-5-26(6-8-28)13-14-3-1-2-4-15(14)27-9-11-30-12-10-27/h1-4,16H,5-13H2. The molecular formula is C19H23F6N3O3. The first-order valence-electron chi connectivity index (χ1n) is 9.77. The maximum Gasteiger partial charge on any atom is 0.434 e. The number of halogens is 6. The molecule has 2 aliphatic heterocycles. The molecule has 0 unspecified atom stereocenters. The number of nitrogens with zero attached hydrogens (tertiary/aromatic N) is 3. The smallest absolute Gasteiger partial charge is 0.426 e. The normalized spacial score (nSPS) is 19.1. The minimum absolute atomic E-state index is 0.0268. The van der Waals surface area contributed by atoms with Gasteiger partial charge in [0.2, 0.25) is 0 Å². The van der Waals surface area contributed by atoms with Gasteiger partial charge in [-0.05, 0) is 11.6 Å². The van der Waals surface area contributed by atoms with Crippen LogP contribution in [0.15, 0.2) is 24.3 Å². The Hall–Kier alpha value is -2.21. The summed E-state index contributed by atoms with van der Waals surface area (Å²) in [6.45, 7) is 3.88. The molecule has 0 radical (unpaired) electrons. The molecule has 3 rings (SSSR count). The van der Waals surface area contributed by atoms with Crippen LogP contribution in [0.4, 0.5) is 36.8 Å². The summed E-state index contributed by atoms with van der Waals surface area (Å²) in [6.07, 6.45) is -17.2. The molecule has 0 bridgehead atoms. The number of carbonyl (C=O) groups is 1. The first kappa shape index (κ1) is 23.5. The van der Waals surface area contributed by atoms with Crippen LogP contribution in [-0.4, -0.2) is 86.8 Å². The Bertz CT molecular complexity index is 730. The van der Waals surface area contributed by atoms with Crippen LogP contribution in [-0.2, 0) is 16.0 Å². The highest BCUT2D eigenvalue weighted by molar-refractivity contribution is 5.68. The van der Waals surface area contributed by atoms with Crippen molar-refractivity contribution in [3.8, 4) is 0 Å². The second kappa shape index (κ2) is 9.51. The lowest BCUT2D eigenvalue weighted by Crippen LogP contribution is -2.52. The van der Waals surface area contributed by atoms with Crippen LogP contribution in [0.5, 0.6) is 0 Å². The van der Waals surface area contributed by atoms with Crippen molar-refractivity contribution in [2.75, 3.05) is 57.4 Å². The number of para-hydroxylation sites is 1. The van der Waals surface area contributed by atoms with Crippen molar-refractivity contribution in [1.29, 1.82) is 0 Å². The van der Waals surface area contributed by atoms with Gasteiger partial charge in [0.15, 0.2) is 0 Å². The molecule has 0 aliphatic carbocycles. The van der Waals surface area contributed by atoms with Gasteiger partial charge in [0, 0.05) is 51.5 Å². The molecule has 174 valence electrons. The molecule has 1 aromatic rings. The number of rotatable bonds is 4. The van der Waals surface area contributed by atoms with Crippen LogP contribution >= 0.6 is 0 Å². The van der Waals surface area contributed by atoms with Gasteiger partial charge in [0.25, 0.3) is 6.10 Å². The van der Waals surface area contributed by atoms with E-state index in [1.165, 1.54) is 0 Å². The minimum atomic E-state index is -5.72. The predicted octanol–water partition coefficient (Wildman–Crippen LogP) is 3.27. The molecular weight excluding hydrogens is 432 g/mol. The maximum atomic E-state index is 12.6. The highest BCUT2D eigenvalue weighted by atomic mass is 19.4. The predicted molar refractivity (Wildman–Crippen MR) is 98.7 cm³/mol. The molecule has 0 aromatic heterocycles. The van der Waals surface area contributed by atoms with Crippen LogP contribution in [0, 0.1) is 0 Å². The lowest BCUT2D eigenvalue weighted by molar-refractivity contribution is -0.308. The lowest BCUT2D eigenvalue weighted by atomic mass is 10.1. The van der Waals surface area contributed by atoms with Gasteiger partial charge in [-0.1, -0.05) is 18.2 Å². The maximum absolute atomic E-state index is 12.6. The van der Waals surface area contributed by atoms with Crippen LogP contribution in [0.3, 0.4) is 0 Å². The van der Waals surface area contributed by atoms with E-state index in [2.05, 4.69) is 9.64 Å². The number of piperazine rings is 1. The highest BCUT2D eigenvalue weighted by Gasteiger charge is 2.60. The average Bonchev–Trinajstić information content (AvgIpc) is 2.72. The number of ether oxygens (including phenoxy) is 2. The summed E-state index contributed by atoms with van der Waals surface area (Å²) in [5.41, 5.74) is 2.11. The quantitative estimate of drug-likeness (QED) is 0.653. The van der Waals surface area contributed by atoms with E-state index in [4.69, 9.17) is 4.74 Å². The third kappa shape index (κ3) is 6.16. The molecule has 0 N–H and O–H groups in total. The van der Waals surface area contributed by atoms with Gasteiger partial charge < -0.3 is 19.3 Å². The Morgan fingerprint density at radius 1 is 0.935 bits per heavy atom. The molecule has 2 saturated heterocycles. The van der Waals surface area contributed by atoms with E-state index >= 15 is 0 Å². The van der Waals surface area contributed by atoms with Gasteiger partial charge in [0.05, 0.1) is 13.2 Å². The van der Waals surface area contributed by atoms with E-state index in [-0.39, 0.29) is 13.1 Å². The molecule has 0 spiro atoms. The fourth-order valence-electron chi connectivity index (χ4n) is 3.58.